The average molecular weight is 250 g/mol. The lowest BCUT2D eigenvalue weighted by Crippen LogP contribution is -2.06. The summed E-state index contributed by atoms with van der Waals surface area (Å²) in [6, 6.07) is 7.40. The predicted molar refractivity (Wildman–Crippen MR) is 67.2 cm³/mol. The quantitative estimate of drug-likeness (QED) is 0.769. The van der Waals surface area contributed by atoms with Gasteiger partial charge in [0.25, 0.3) is 0 Å². The fourth-order valence-corrected chi connectivity index (χ4v) is 1.92. The molecule has 0 aliphatic rings. The van der Waals surface area contributed by atoms with Crippen LogP contribution in [0.3, 0.4) is 0 Å². The third-order valence-electron chi connectivity index (χ3n) is 2.58. The lowest BCUT2D eigenvalue weighted by atomic mass is 10.1. The third-order valence-corrected chi connectivity index (χ3v) is 2.82. The van der Waals surface area contributed by atoms with Gasteiger partial charge < -0.3 is 4.74 Å². The molecule has 0 saturated carbocycles. The van der Waals surface area contributed by atoms with Crippen LogP contribution in [-0.2, 0) is 16.0 Å². The number of rotatable bonds is 2. The van der Waals surface area contributed by atoms with Gasteiger partial charge in [-0.2, -0.15) is 0 Å². The fraction of sp³-hybridized carbons (Fsp3) is 0.231. The number of aryl methyl sites for hydroxylation is 1. The fourth-order valence-electron chi connectivity index (χ4n) is 1.75. The van der Waals surface area contributed by atoms with Crippen molar-refractivity contribution in [2.24, 2.45) is 0 Å². The van der Waals surface area contributed by atoms with Gasteiger partial charge in [0.2, 0.25) is 0 Å². The topological polar surface area (TPSA) is 39.2 Å². The lowest BCUT2D eigenvalue weighted by molar-refractivity contribution is -0.139. The third kappa shape index (κ3) is 2.56. The molecule has 4 heteroatoms. The highest BCUT2D eigenvalue weighted by Gasteiger charge is 2.07. The summed E-state index contributed by atoms with van der Waals surface area (Å²) in [5, 5.41) is 1.69. The first-order chi connectivity index (χ1) is 8.10. The number of esters is 1. The predicted octanol–water partition coefficient (Wildman–Crippen LogP) is 2.91. The van der Waals surface area contributed by atoms with Crippen molar-refractivity contribution in [1.82, 2.24) is 4.98 Å². The molecule has 1 heterocycles. The second-order valence-electron chi connectivity index (χ2n) is 3.84. The van der Waals surface area contributed by atoms with Gasteiger partial charge in [0.1, 0.15) is 0 Å². The first-order valence-electron chi connectivity index (χ1n) is 5.23. The Morgan fingerprint density at radius 1 is 1.41 bits per heavy atom. The Balaban J connectivity index is 2.48. The summed E-state index contributed by atoms with van der Waals surface area (Å²) in [7, 11) is 1.37. The van der Waals surface area contributed by atoms with Crippen LogP contribution in [0.1, 0.15) is 11.3 Å². The molecule has 0 radical (unpaired) electrons. The standard InChI is InChI=1S/C13H12ClNO2/c1-8-5-10(7-13(16)17-2)15-12-4-3-9(14)6-11(8)12/h3-6H,7H2,1-2H3. The zero-order chi connectivity index (χ0) is 12.4. The van der Waals surface area contributed by atoms with Crippen LogP contribution in [0.15, 0.2) is 24.3 Å². The van der Waals surface area contributed by atoms with E-state index in [0.29, 0.717) is 10.7 Å². The normalized spacial score (nSPS) is 10.5. The van der Waals surface area contributed by atoms with Crippen LogP contribution in [0.4, 0.5) is 0 Å². The van der Waals surface area contributed by atoms with Crippen molar-refractivity contribution >= 4 is 28.5 Å². The number of methoxy groups -OCH3 is 1. The number of benzene rings is 1. The van der Waals surface area contributed by atoms with Gasteiger partial charge in [-0.05, 0) is 36.8 Å². The number of aromatic nitrogens is 1. The van der Waals surface area contributed by atoms with Crippen LogP contribution < -0.4 is 0 Å². The zero-order valence-electron chi connectivity index (χ0n) is 9.66. The SMILES string of the molecule is COC(=O)Cc1cc(C)c2cc(Cl)ccc2n1. The van der Waals surface area contributed by atoms with E-state index in [0.717, 1.165) is 16.5 Å². The molecular formula is C13H12ClNO2. The Hall–Kier alpha value is -1.61. The van der Waals surface area contributed by atoms with Gasteiger partial charge in [-0.3, -0.25) is 9.78 Å². The van der Waals surface area contributed by atoms with E-state index in [2.05, 4.69) is 9.72 Å². The largest absolute Gasteiger partial charge is 0.469 e. The van der Waals surface area contributed by atoms with Gasteiger partial charge >= 0.3 is 5.97 Å². The molecule has 0 aliphatic heterocycles. The van der Waals surface area contributed by atoms with Crippen LogP contribution in [0, 0.1) is 6.92 Å². The molecule has 1 aromatic carbocycles. The molecule has 88 valence electrons. The number of carbonyl (C=O) groups excluding carboxylic acids is 1. The molecule has 3 nitrogen and oxygen atoms in total. The highest BCUT2D eigenvalue weighted by Crippen LogP contribution is 2.22. The number of ether oxygens (including phenoxy) is 1. The molecule has 0 atom stereocenters. The van der Waals surface area contributed by atoms with Crippen LogP contribution in [0.5, 0.6) is 0 Å². The van der Waals surface area contributed by atoms with E-state index < -0.39 is 0 Å². The molecule has 0 unspecified atom stereocenters. The number of fused-ring (bicyclic) bond motifs is 1. The first-order valence-corrected chi connectivity index (χ1v) is 5.60. The van der Waals surface area contributed by atoms with Gasteiger partial charge in [-0.15, -0.1) is 0 Å². The minimum atomic E-state index is -0.287. The first kappa shape index (κ1) is 11.9. The zero-order valence-corrected chi connectivity index (χ0v) is 10.4. The molecule has 0 spiro atoms. The molecule has 2 aromatic rings. The van der Waals surface area contributed by atoms with Gasteiger partial charge in [0.15, 0.2) is 0 Å². The van der Waals surface area contributed by atoms with Crippen LogP contribution in [-0.4, -0.2) is 18.1 Å². The van der Waals surface area contributed by atoms with E-state index in [9.17, 15) is 4.79 Å². The Kier molecular flexibility index (Phi) is 3.29. The van der Waals surface area contributed by atoms with Gasteiger partial charge in [-0.25, -0.2) is 0 Å². The Morgan fingerprint density at radius 3 is 2.88 bits per heavy atom. The molecule has 0 amide bonds. The van der Waals surface area contributed by atoms with Crippen LogP contribution in [0.2, 0.25) is 5.02 Å². The van der Waals surface area contributed by atoms with Gasteiger partial charge in [0, 0.05) is 10.4 Å². The Bertz CT molecular complexity index is 581. The van der Waals surface area contributed by atoms with Crippen molar-refractivity contribution in [2.75, 3.05) is 7.11 Å². The van der Waals surface area contributed by atoms with Crippen molar-refractivity contribution in [3.8, 4) is 0 Å². The molecular weight excluding hydrogens is 238 g/mol. The molecule has 0 saturated heterocycles. The van der Waals surface area contributed by atoms with E-state index in [4.69, 9.17) is 11.6 Å². The van der Waals surface area contributed by atoms with E-state index in [1.165, 1.54) is 7.11 Å². The second kappa shape index (κ2) is 4.72. The number of halogens is 1. The van der Waals surface area contributed by atoms with Crippen LogP contribution in [0.25, 0.3) is 10.9 Å². The molecule has 0 bridgehead atoms. The highest BCUT2D eigenvalue weighted by molar-refractivity contribution is 6.31. The highest BCUT2D eigenvalue weighted by atomic mass is 35.5. The number of carbonyl (C=O) groups is 1. The van der Waals surface area contributed by atoms with E-state index in [1.807, 2.05) is 25.1 Å². The van der Waals surface area contributed by atoms with Crippen molar-refractivity contribution in [2.45, 2.75) is 13.3 Å². The summed E-state index contributed by atoms with van der Waals surface area (Å²) in [6.45, 7) is 1.97. The average Bonchev–Trinajstić information content (AvgIpc) is 2.30. The van der Waals surface area contributed by atoms with Crippen LogP contribution >= 0.6 is 11.6 Å². The van der Waals surface area contributed by atoms with Crippen molar-refractivity contribution < 1.29 is 9.53 Å². The lowest BCUT2D eigenvalue weighted by Gasteiger charge is -2.06. The number of pyridine rings is 1. The number of nitrogens with zero attached hydrogens (tertiary/aromatic N) is 1. The summed E-state index contributed by atoms with van der Waals surface area (Å²) in [6.07, 6.45) is 0.190. The minimum absolute atomic E-state index is 0.190. The molecule has 2 rings (SSSR count). The summed E-state index contributed by atoms with van der Waals surface area (Å²) >= 11 is 5.94. The monoisotopic (exact) mass is 249 g/mol. The summed E-state index contributed by atoms with van der Waals surface area (Å²) in [5.41, 5.74) is 2.61. The smallest absolute Gasteiger partial charge is 0.311 e. The van der Waals surface area contributed by atoms with E-state index in [1.54, 1.807) is 6.07 Å². The van der Waals surface area contributed by atoms with Crippen molar-refractivity contribution in [3.63, 3.8) is 0 Å². The van der Waals surface area contributed by atoms with Gasteiger partial charge in [0.05, 0.1) is 24.7 Å². The Morgan fingerprint density at radius 2 is 2.18 bits per heavy atom. The summed E-state index contributed by atoms with van der Waals surface area (Å²) in [4.78, 5) is 15.6. The number of hydrogen-bond acceptors (Lipinski definition) is 3. The molecule has 1 aromatic heterocycles. The van der Waals surface area contributed by atoms with Gasteiger partial charge in [-0.1, -0.05) is 11.6 Å². The summed E-state index contributed by atoms with van der Waals surface area (Å²) < 4.78 is 4.63. The molecule has 0 N–H and O–H groups in total. The second-order valence-corrected chi connectivity index (χ2v) is 4.28. The number of hydrogen-bond donors (Lipinski definition) is 0. The molecule has 0 aliphatic carbocycles. The maximum absolute atomic E-state index is 11.2. The van der Waals surface area contributed by atoms with Crippen molar-refractivity contribution in [1.29, 1.82) is 0 Å². The maximum atomic E-state index is 11.2. The Labute approximate surface area is 104 Å². The molecule has 17 heavy (non-hydrogen) atoms. The maximum Gasteiger partial charge on any atom is 0.311 e. The minimum Gasteiger partial charge on any atom is -0.469 e. The van der Waals surface area contributed by atoms with Crippen molar-refractivity contribution in [3.05, 3.63) is 40.5 Å². The van der Waals surface area contributed by atoms with E-state index in [-0.39, 0.29) is 12.4 Å². The molecule has 0 fully saturated rings. The summed E-state index contributed by atoms with van der Waals surface area (Å²) in [5.74, 6) is -0.287. The van der Waals surface area contributed by atoms with E-state index >= 15 is 0 Å².